The molecular formula is C56H67N7O15. The minimum atomic E-state index is -2.02. The number of rotatable bonds is 8. The Morgan fingerprint density at radius 3 is 2.40 bits per heavy atom. The van der Waals surface area contributed by atoms with Gasteiger partial charge in [0.2, 0.25) is 0 Å². The summed E-state index contributed by atoms with van der Waals surface area (Å²) in [6.45, 7) is 15.3. The second-order valence-electron chi connectivity index (χ2n) is 21.4. The van der Waals surface area contributed by atoms with Gasteiger partial charge in [-0.3, -0.25) is 33.8 Å². The van der Waals surface area contributed by atoms with Crippen LogP contribution in [0, 0.1) is 40.7 Å². The number of Topliss-reactive ketones (excluding diaryl/α,β-unsaturated/α-hetero) is 1. The fourth-order valence-electron chi connectivity index (χ4n) is 11.2. The van der Waals surface area contributed by atoms with Crippen LogP contribution in [-0.2, 0) is 48.2 Å². The molecule has 416 valence electrons. The summed E-state index contributed by atoms with van der Waals surface area (Å²) >= 11 is 0. The highest BCUT2D eigenvalue weighted by Crippen LogP contribution is 2.50. The Bertz CT molecular complexity index is 3270. The SMILES string of the molecule is CO[C@H]1/C=C/O[C@@]2(C)Oc3c(C)c(O)c4c(O)c(c5c(c4c3C2=O)=NC2(CCN(Cc3cccc(CO[C@@H]4COc6nc([N+](=O)[O-])cn6C4)c3)CC2)N=5)NC(=O)/C(C)=C\C=C\[C@H](C)[C@H](O)[C@@H](C)[C@@H](O)[C@@H](C)[C@H](OC(C)=O)[C@@H]1C. The van der Waals surface area contributed by atoms with Gasteiger partial charge in [-0.2, -0.15) is 0 Å². The molecule has 1 saturated heterocycles. The standard InChI is InChI=1S/C56H67N7O15/c1-28-12-10-13-29(2)53(70)58-45-44-43(59-56(60-44)17-19-61(20-18-56)23-35-14-11-15-36(22-35)26-74-37-24-62-25-39(63(71)72)57-54(62)75-27-37)40-41(49(45)68)48(67)33(6)51-42(40)52(69)55(8,78-51)76-21-16-38(73-9)30(3)50(77-34(7)64)32(5)47(66)31(4)46(28)65/h10-16,21-22,25,28,30-32,37-38,46-47,50,65-68H,17-20,23-24,26-27H2,1-9H3,(H,58,70)/b12-10+,21-16+,29-13-/t28-,30+,31+,32+,37-,38-,46-,47+,50+,55-/m0/s1. The monoisotopic (exact) mass is 1080 g/mol. The molecule has 0 unspecified atom stereocenters. The lowest BCUT2D eigenvalue weighted by Gasteiger charge is -2.38. The van der Waals surface area contributed by atoms with Crippen LogP contribution in [0.25, 0.3) is 10.8 Å². The molecule has 1 spiro atoms. The van der Waals surface area contributed by atoms with Gasteiger partial charge in [0.25, 0.3) is 11.7 Å². The highest BCUT2D eigenvalue weighted by Gasteiger charge is 2.50. The smallest absolute Gasteiger partial charge is 0.414 e. The molecule has 3 aromatic carbocycles. The number of aliphatic hydroxyl groups excluding tert-OH is 2. The number of piperidine rings is 1. The maximum atomic E-state index is 15.0. The normalized spacial score (nSPS) is 29.7. The Morgan fingerprint density at radius 2 is 1.69 bits per heavy atom. The van der Waals surface area contributed by atoms with E-state index in [0.717, 1.165) is 11.1 Å². The van der Waals surface area contributed by atoms with Gasteiger partial charge >= 0.3 is 23.6 Å². The van der Waals surface area contributed by atoms with E-state index in [9.17, 15) is 44.9 Å². The molecule has 0 saturated carbocycles. The zero-order valence-electron chi connectivity index (χ0n) is 45.1. The molecule has 6 heterocycles. The number of hydrogen-bond acceptors (Lipinski definition) is 19. The molecule has 4 aromatic rings. The summed E-state index contributed by atoms with van der Waals surface area (Å²) in [6, 6.07) is 8.19. The number of likely N-dealkylation sites (tertiary alicyclic amines) is 1. The highest BCUT2D eigenvalue weighted by molar-refractivity contribution is 6.19. The predicted octanol–water partition coefficient (Wildman–Crippen LogP) is 5.38. The zero-order chi connectivity index (χ0) is 56.1. The Morgan fingerprint density at radius 1 is 0.974 bits per heavy atom. The molecule has 9 rings (SSSR count). The van der Waals surface area contributed by atoms with Crippen molar-refractivity contribution < 1.29 is 68.2 Å². The molecule has 5 aliphatic rings. The third kappa shape index (κ3) is 10.6. The molecule has 4 bridgehead atoms. The van der Waals surface area contributed by atoms with Gasteiger partial charge in [0.15, 0.2) is 11.4 Å². The van der Waals surface area contributed by atoms with E-state index < -0.39 is 93.6 Å². The first-order valence-corrected chi connectivity index (χ1v) is 26.1. The van der Waals surface area contributed by atoms with E-state index in [2.05, 4.69) is 21.3 Å². The van der Waals surface area contributed by atoms with E-state index in [-0.39, 0.29) is 80.8 Å². The summed E-state index contributed by atoms with van der Waals surface area (Å²) in [6.07, 6.45) is 5.52. The maximum Gasteiger partial charge on any atom is 0.414 e. The number of methoxy groups -OCH3 is 1. The lowest BCUT2D eigenvalue weighted by atomic mass is 9.78. The summed E-state index contributed by atoms with van der Waals surface area (Å²) < 4.78 is 37.5. The van der Waals surface area contributed by atoms with Crippen molar-refractivity contribution in [2.24, 2.45) is 33.7 Å². The number of phenols is 2. The molecular weight excluding hydrogens is 1010 g/mol. The van der Waals surface area contributed by atoms with Crippen LogP contribution in [0.1, 0.15) is 88.4 Å². The molecule has 1 aromatic heterocycles. The van der Waals surface area contributed by atoms with E-state index in [1.54, 1.807) is 57.4 Å². The van der Waals surface area contributed by atoms with E-state index in [4.69, 9.17) is 38.4 Å². The number of aromatic hydroxyl groups is 2. The van der Waals surface area contributed by atoms with Gasteiger partial charge in [-0.1, -0.05) is 70.2 Å². The lowest BCUT2D eigenvalue weighted by Crippen LogP contribution is -2.46. The quantitative estimate of drug-likeness (QED) is 0.0641. The van der Waals surface area contributed by atoms with Crippen LogP contribution < -0.4 is 25.5 Å². The molecule has 0 aliphatic carbocycles. The van der Waals surface area contributed by atoms with Crippen LogP contribution in [0.2, 0.25) is 0 Å². The van der Waals surface area contributed by atoms with Crippen molar-refractivity contribution in [2.45, 2.75) is 130 Å². The summed E-state index contributed by atoms with van der Waals surface area (Å²) in [5.74, 6) is -7.64. The topological polar surface area (TPSA) is 288 Å². The number of hydrogen-bond donors (Lipinski definition) is 5. The van der Waals surface area contributed by atoms with E-state index in [0.29, 0.717) is 39.0 Å². The van der Waals surface area contributed by atoms with E-state index in [1.165, 1.54) is 46.4 Å². The minimum absolute atomic E-state index is 0.000374. The van der Waals surface area contributed by atoms with Gasteiger partial charge in [-0.25, -0.2) is 0 Å². The number of anilines is 1. The molecule has 10 atom stereocenters. The second-order valence-corrected chi connectivity index (χ2v) is 21.4. The van der Waals surface area contributed by atoms with Crippen molar-refractivity contribution in [3.8, 4) is 23.3 Å². The summed E-state index contributed by atoms with van der Waals surface area (Å²) in [7, 11) is 1.45. The molecule has 0 radical (unpaired) electrons. The van der Waals surface area contributed by atoms with E-state index >= 15 is 0 Å². The summed E-state index contributed by atoms with van der Waals surface area (Å²) in [4.78, 5) is 68.9. The summed E-state index contributed by atoms with van der Waals surface area (Å²) in [5, 5.41) is 61.8. The van der Waals surface area contributed by atoms with E-state index in [1.807, 2.05) is 18.2 Å². The number of ketones is 1. The Hall–Kier alpha value is -7.24. The van der Waals surface area contributed by atoms with Gasteiger partial charge in [0.05, 0.1) is 54.0 Å². The third-order valence-corrected chi connectivity index (χ3v) is 15.9. The number of allylic oxidation sites excluding steroid dienone is 2. The van der Waals surface area contributed by atoms with Gasteiger partial charge in [-0.15, -0.1) is 0 Å². The largest absolute Gasteiger partial charge is 0.507 e. The molecule has 1 fully saturated rings. The third-order valence-electron chi connectivity index (χ3n) is 15.9. The lowest BCUT2D eigenvalue weighted by molar-refractivity contribution is -0.389. The number of aromatic nitrogens is 2. The Kier molecular flexibility index (Phi) is 15.6. The number of nitro groups is 1. The number of ether oxygens (including phenoxy) is 6. The van der Waals surface area contributed by atoms with Crippen LogP contribution in [0.3, 0.4) is 0 Å². The number of nitrogens with zero attached hydrogens (tertiary/aromatic N) is 6. The number of imidazole rings is 1. The molecule has 5 N–H and O–H groups in total. The zero-order valence-corrected chi connectivity index (χ0v) is 45.1. The van der Waals surface area contributed by atoms with Crippen LogP contribution in [-0.4, -0.2) is 126 Å². The number of benzene rings is 3. The number of carbonyl (C=O) groups is 3. The number of nitrogens with one attached hydrogen (secondary N) is 1. The molecule has 5 aliphatic heterocycles. The molecule has 78 heavy (non-hydrogen) atoms. The van der Waals surface area contributed by atoms with Crippen LogP contribution in [0.5, 0.6) is 23.3 Å². The molecule has 22 nitrogen and oxygen atoms in total. The Balaban J connectivity index is 1.04. The van der Waals surface area contributed by atoms with Crippen LogP contribution >= 0.6 is 0 Å². The first kappa shape index (κ1) is 55.5. The van der Waals surface area contributed by atoms with Gasteiger partial charge in [-0.05, 0) is 36.0 Å². The first-order valence-electron chi connectivity index (χ1n) is 26.1. The number of aliphatic hydroxyl groups is 2. The fraction of sp³-hybridized carbons (Fsp3) is 0.500. The number of carbonyl (C=O) groups excluding carboxylic acids is 3. The van der Waals surface area contributed by atoms with Crippen molar-refractivity contribution in [3.63, 3.8) is 0 Å². The highest BCUT2D eigenvalue weighted by atomic mass is 16.7. The van der Waals surface area contributed by atoms with Gasteiger partial charge in [0.1, 0.15) is 47.6 Å². The second kappa shape index (κ2) is 21.9. The predicted molar refractivity (Wildman–Crippen MR) is 281 cm³/mol. The number of phenolic OH excluding ortho intramolecular Hbond substituents is 2. The fourth-order valence-corrected chi connectivity index (χ4v) is 11.2. The van der Waals surface area contributed by atoms with Crippen molar-refractivity contribution >= 4 is 39.9 Å². The molecule has 22 heteroatoms. The van der Waals surface area contributed by atoms with Crippen LogP contribution in [0.4, 0.5) is 11.5 Å². The summed E-state index contributed by atoms with van der Waals surface area (Å²) in [5.41, 5.74) is 1.06. The van der Waals surface area contributed by atoms with Crippen molar-refractivity contribution in [3.05, 3.63) is 110 Å². The average Bonchev–Trinajstić information content (AvgIpc) is 4.18. The van der Waals surface area contributed by atoms with Crippen molar-refractivity contribution in [1.82, 2.24) is 14.5 Å². The van der Waals surface area contributed by atoms with Crippen molar-refractivity contribution in [2.75, 3.05) is 32.1 Å². The first-order chi connectivity index (χ1) is 37.0. The average molecular weight is 1080 g/mol. The number of esters is 1. The molecule has 1 amide bonds. The minimum Gasteiger partial charge on any atom is -0.507 e. The van der Waals surface area contributed by atoms with Gasteiger partial charge in [0, 0.05) is 98.6 Å². The number of fused-ring (bicyclic) bond motifs is 2. The van der Waals surface area contributed by atoms with Gasteiger partial charge < -0.3 is 64.3 Å². The van der Waals surface area contributed by atoms with Crippen molar-refractivity contribution in [1.29, 1.82) is 0 Å². The van der Waals surface area contributed by atoms with Crippen LogP contribution in [0.15, 0.2) is 76.6 Å². The number of amides is 1. The maximum absolute atomic E-state index is 15.0. The Labute approximate surface area is 449 Å².